The van der Waals surface area contributed by atoms with Crippen LogP contribution >= 0.6 is 11.6 Å². The van der Waals surface area contributed by atoms with Crippen molar-refractivity contribution in [3.8, 4) is 5.88 Å². The zero-order valence-corrected chi connectivity index (χ0v) is 8.78. The number of rotatable bonds is 4. The van der Waals surface area contributed by atoms with E-state index in [2.05, 4.69) is 9.97 Å². The molecule has 0 aromatic carbocycles. The molecule has 1 rings (SSSR count). The van der Waals surface area contributed by atoms with Gasteiger partial charge in [-0.15, -0.1) is 0 Å². The van der Waals surface area contributed by atoms with Crippen LogP contribution in [0.4, 0.5) is 5.95 Å². The van der Waals surface area contributed by atoms with E-state index in [1.807, 2.05) is 6.92 Å². The molecule has 0 saturated carbocycles. The molecule has 1 heterocycles. The molecule has 2 N–H and O–H groups in total. The number of aromatic nitrogens is 2. The van der Waals surface area contributed by atoms with Gasteiger partial charge >= 0.3 is 0 Å². The van der Waals surface area contributed by atoms with Crippen LogP contribution in [0.25, 0.3) is 0 Å². The lowest BCUT2D eigenvalue weighted by Gasteiger charge is -2.13. The maximum Gasteiger partial charge on any atom is 0.237 e. The number of nitrogen functional groups attached to an aromatic ring is 1. The highest BCUT2D eigenvalue weighted by Gasteiger charge is 2.09. The van der Waals surface area contributed by atoms with Crippen molar-refractivity contribution < 1.29 is 9.47 Å². The highest BCUT2D eigenvalue weighted by Crippen LogP contribution is 2.21. The van der Waals surface area contributed by atoms with Gasteiger partial charge in [-0.05, 0) is 6.92 Å². The summed E-state index contributed by atoms with van der Waals surface area (Å²) in [6, 6.07) is 0. The zero-order valence-electron chi connectivity index (χ0n) is 8.03. The van der Waals surface area contributed by atoms with Crippen molar-refractivity contribution in [3.05, 3.63) is 11.2 Å². The molecule has 1 aromatic rings. The number of halogens is 1. The summed E-state index contributed by atoms with van der Waals surface area (Å²) in [5.74, 6) is 0.415. The number of nitrogens with zero attached hydrogens (tertiary/aromatic N) is 2. The van der Waals surface area contributed by atoms with E-state index in [4.69, 9.17) is 26.8 Å². The molecular formula is C8H12ClN3O2. The first-order valence-electron chi connectivity index (χ1n) is 4.07. The normalized spacial score (nSPS) is 12.5. The predicted molar refractivity (Wildman–Crippen MR) is 53.4 cm³/mol. The highest BCUT2D eigenvalue weighted by atomic mass is 35.5. The third kappa shape index (κ3) is 3.01. The maximum absolute atomic E-state index is 5.79. The average Bonchev–Trinajstić information content (AvgIpc) is 2.12. The quantitative estimate of drug-likeness (QED) is 0.819. The maximum atomic E-state index is 5.79. The Kier molecular flexibility index (Phi) is 3.91. The average molecular weight is 218 g/mol. The second-order valence-electron chi connectivity index (χ2n) is 2.77. The fourth-order valence-corrected chi connectivity index (χ4v) is 1.04. The Morgan fingerprint density at radius 3 is 3.00 bits per heavy atom. The molecule has 0 amide bonds. The molecule has 1 aromatic heterocycles. The molecule has 0 aliphatic carbocycles. The van der Waals surface area contributed by atoms with Crippen molar-refractivity contribution in [2.75, 3.05) is 19.5 Å². The van der Waals surface area contributed by atoms with Crippen LogP contribution in [0, 0.1) is 0 Å². The van der Waals surface area contributed by atoms with Crippen molar-refractivity contribution in [2.24, 2.45) is 0 Å². The van der Waals surface area contributed by atoms with E-state index in [1.165, 1.54) is 6.20 Å². The number of methoxy groups -OCH3 is 1. The van der Waals surface area contributed by atoms with Crippen LogP contribution in [-0.2, 0) is 4.74 Å². The highest BCUT2D eigenvalue weighted by molar-refractivity contribution is 6.31. The van der Waals surface area contributed by atoms with Crippen molar-refractivity contribution in [1.82, 2.24) is 9.97 Å². The lowest BCUT2D eigenvalue weighted by Crippen LogP contribution is -2.19. The third-order valence-electron chi connectivity index (χ3n) is 1.44. The fourth-order valence-electron chi connectivity index (χ4n) is 0.906. The molecule has 5 nitrogen and oxygen atoms in total. The molecule has 1 atom stereocenters. The second kappa shape index (κ2) is 4.97. The van der Waals surface area contributed by atoms with Gasteiger partial charge in [-0.2, -0.15) is 4.98 Å². The van der Waals surface area contributed by atoms with Gasteiger partial charge in [0.1, 0.15) is 11.1 Å². The fraction of sp³-hybridized carbons (Fsp3) is 0.500. The van der Waals surface area contributed by atoms with Crippen LogP contribution in [0.3, 0.4) is 0 Å². The van der Waals surface area contributed by atoms with E-state index in [-0.39, 0.29) is 17.9 Å². The Balaban J connectivity index is 2.70. The van der Waals surface area contributed by atoms with Crippen LogP contribution in [0.15, 0.2) is 6.20 Å². The van der Waals surface area contributed by atoms with Crippen molar-refractivity contribution in [1.29, 1.82) is 0 Å². The first kappa shape index (κ1) is 11.0. The molecular weight excluding hydrogens is 206 g/mol. The Labute approximate surface area is 87.2 Å². The van der Waals surface area contributed by atoms with Gasteiger partial charge in [-0.1, -0.05) is 11.6 Å². The summed E-state index contributed by atoms with van der Waals surface area (Å²) in [6.45, 7) is 2.30. The van der Waals surface area contributed by atoms with Gasteiger partial charge in [0.2, 0.25) is 11.8 Å². The van der Waals surface area contributed by atoms with E-state index in [0.717, 1.165) is 0 Å². The molecule has 78 valence electrons. The Morgan fingerprint density at radius 1 is 1.64 bits per heavy atom. The minimum absolute atomic E-state index is 0.133. The molecule has 0 saturated heterocycles. The standard InChI is InChI=1S/C8H12ClN3O2/c1-5(4-13-2)14-7-6(9)3-11-8(10)12-7/h3,5H,4H2,1-2H3,(H2,10,11,12)/t5-/m1/s1. The number of ether oxygens (including phenoxy) is 2. The van der Waals surface area contributed by atoms with E-state index in [9.17, 15) is 0 Å². The van der Waals surface area contributed by atoms with Crippen LogP contribution < -0.4 is 10.5 Å². The summed E-state index contributed by atoms with van der Waals surface area (Å²) in [6.07, 6.45) is 1.27. The lowest BCUT2D eigenvalue weighted by atomic mass is 10.4. The summed E-state index contributed by atoms with van der Waals surface area (Å²) < 4.78 is 10.3. The predicted octanol–water partition coefficient (Wildman–Crippen LogP) is 1.13. The minimum Gasteiger partial charge on any atom is -0.471 e. The van der Waals surface area contributed by atoms with E-state index >= 15 is 0 Å². The van der Waals surface area contributed by atoms with Crippen molar-refractivity contribution in [3.63, 3.8) is 0 Å². The Morgan fingerprint density at radius 2 is 2.36 bits per heavy atom. The lowest BCUT2D eigenvalue weighted by molar-refractivity contribution is 0.0891. The second-order valence-corrected chi connectivity index (χ2v) is 3.17. The third-order valence-corrected chi connectivity index (χ3v) is 1.70. The molecule has 0 unspecified atom stereocenters. The number of anilines is 1. The Bertz CT molecular complexity index is 309. The van der Waals surface area contributed by atoms with Crippen molar-refractivity contribution in [2.45, 2.75) is 13.0 Å². The Hall–Kier alpha value is -1.07. The number of hydrogen-bond donors (Lipinski definition) is 1. The number of nitrogens with two attached hydrogens (primary N) is 1. The van der Waals surface area contributed by atoms with E-state index < -0.39 is 0 Å². The van der Waals surface area contributed by atoms with Gasteiger partial charge < -0.3 is 15.2 Å². The van der Waals surface area contributed by atoms with Crippen molar-refractivity contribution >= 4 is 17.5 Å². The van der Waals surface area contributed by atoms with Gasteiger partial charge in [-0.3, -0.25) is 0 Å². The first-order chi connectivity index (χ1) is 6.63. The SMILES string of the molecule is COC[C@@H](C)Oc1nc(N)ncc1Cl. The molecule has 0 aliphatic heterocycles. The monoisotopic (exact) mass is 217 g/mol. The van der Waals surface area contributed by atoms with Gasteiger partial charge in [0.05, 0.1) is 12.8 Å². The largest absolute Gasteiger partial charge is 0.471 e. The summed E-state index contributed by atoms with van der Waals surface area (Å²) in [4.78, 5) is 7.57. The van der Waals surface area contributed by atoms with Gasteiger partial charge in [0.25, 0.3) is 0 Å². The van der Waals surface area contributed by atoms with Gasteiger partial charge in [0.15, 0.2) is 0 Å². The van der Waals surface area contributed by atoms with Gasteiger partial charge in [-0.25, -0.2) is 4.98 Å². The summed E-state index contributed by atoms with van der Waals surface area (Å²) >= 11 is 5.79. The van der Waals surface area contributed by atoms with Crippen LogP contribution in [0.2, 0.25) is 5.02 Å². The van der Waals surface area contributed by atoms with Crippen LogP contribution in [0.5, 0.6) is 5.88 Å². The minimum atomic E-state index is -0.133. The molecule has 0 radical (unpaired) electrons. The van der Waals surface area contributed by atoms with Crippen LogP contribution in [-0.4, -0.2) is 29.8 Å². The van der Waals surface area contributed by atoms with Crippen LogP contribution in [0.1, 0.15) is 6.92 Å². The summed E-state index contributed by atoms with van der Waals surface area (Å²) in [5.41, 5.74) is 5.39. The smallest absolute Gasteiger partial charge is 0.237 e. The summed E-state index contributed by atoms with van der Waals surface area (Å²) in [7, 11) is 1.59. The molecule has 0 spiro atoms. The zero-order chi connectivity index (χ0) is 10.6. The molecule has 0 fully saturated rings. The van der Waals surface area contributed by atoms with E-state index in [1.54, 1.807) is 7.11 Å². The van der Waals surface area contributed by atoms with Gasteiger partial charge in [0, 0.05) is 7.11 Å². The topological polar surface area (TPSA) is 70.3 Å². The molecule has 0 aliphatic rings. The first-order valence-corrected chi connectivity index (χ1v) is 4.45. The molecule has 14 heavy (non-hydrogen) atoms. The summed E-state index contributed by atoms with van der Waals surface area (Å²) in [5, 5.41) is 0.335. The molecule has 0 bridgehead atoms. The van der Waals surface area contributed by atoms with E-state index in [0.29, 0.717) is 11.6 Å². The molecule has 6 heteroatoms. The number of hydrogen-bond acceptors (Lipinski definition) is 5.